The Balaban J connectivity index is 1.51. The first-order valence-corrected chi connectivity index (χ1v) is 19.3. The van der Waals surface area contributed by atoms with Gasteiger partial charge in [0, 0.05) is 13.8 Å². The molecule has 0 aromatic carbocycles. The van der Waals surface area contributed by atoms with Crippen LogP contribution >= 0.6 is 0 Å². The molecule has 5 saturated heterocycles. The summed E-state index contributed by atoms with van der Waals surface area (Å²) in [5.41, 5.74) is 0. The van der Waals surface area contributed by atoms with Crippen molar-refractivity contribution in [2.75, 3.05) is 19.8 Å². The smallest absolute Gasteiger partial charge is 0.217 e. The van der Waals surface area contributed by atoms with E-state index in [9.17, 15) is 76.0 Å². The van der Waals surface area contributed by atoms with Crippen molar-refractivity contribution in [2.24, 2.45) is 0 Å². The summed E-state index contributed by atoms with van der Waals surface area (Å²) >= 11 is 0. The molecule has 25 atom stereocenters. The molecule has 5 aliphatic heterocycles. The van der Waals surface area contributed by atoms with E-state index in [-0.39, 0.29) is 0 Å². The number of rotatable bonds is 13. The Labute approximate surface area is 342 Å². The Morgan fingerprint density at radius 1 is 0.467 bits per heavy atom. The maximum atomic E-state index is 12.6. The van der Waals surface area contributed by atoms with E-state index in [1.54, 1.807) is 0 Å². The molecule has 0 unspecified atom stereocenters. The second-order valence-corrected chi connectivity index (χ2v) is 15.4. The molecule has 15 N–H and O–H groups in total. The molecule has 0 bridgehead atoms. The number of hydrogen-bond donors (Lipinski definition) is 15. The van der Waals surface area contributed by atoms with Crippen LogP contribution in [0.4, 0.5) is 0 Å². The summed E-state index contributed by atoms with van der Waals surface area (Å²) in [4.78, 5) is 25.1. The molecule has 0 radical (unpaired) electrons. The van der Waals surface area contributed by atoms with Gasteiger partial charge in [0.25, 0.3) is 0 Å². The SMILES string of the molecule is CC(=O)N[C@@H]1[C@@H](O[C@H]2O[C@H](C)[C@H](O)[C@H](O)[C@H]2O)[C@H](O[C@@H]2O[C@H](CO)[C@@H](O[C@@H]3O[C@H](CO)[C@@H](O)[C@H](O)[C@@H]3O)[C@H](O)[C@H]2NC(C)=O)[C@@H](CO[C@H]2O[C@H](C)[C@H](O)[C@H](O)[C@H]2O)O[C@H]1O. The Kier molecular flexibility index (Phi) is 16.9. The molecule has 5 heterocycles. The minimum absolute atomic E-state index is 0.732. The van der Waals surface area contributed by atoms with Gasteiger partial charge in [-0.3, -0.25) is 9.59 Å². The van der Waals surface area contributed by atoms with E-state index in [1.807, 2.05) is 0 Å². The van der Waals surface area contributed by atoms with E-state index in [1.165, 1.54) is 13.8 Å². The summed E-state index contributed by atoms with van der Waals surface area (Å²) < 4.78 is 52.3. The topological polar surface area (TPSA) is 404 Å². The van der Waals surface area contributed by atoms with Gasteiger partial charge in [0.2, 0.25) is 11.8 Å². The largest absolute Gasteiger partial charge is 0.394 e. The highest BCUT2D eigenvalue weighted by Gasteiger charge is 2.56. The highest BCUT2D eigenvalue weighted by molar-refractivity contribution is 5.73. The van der Waals surface area contributed by atoms with Crippen LogP contribution in [0, 0.1) is 0 Å². The van der Waals surface area contributed by atoms with Crippen LogP contribution in [0.15, 0.2) is 0 Å². The van der Waals surface area contributed by atoms with Crippen molar-refractivity contribution in [3.8, 4) is 0 Å². The number of amides is 2. The predicted octanol–water partition coefficient (Wildman–Crippen LogP) is -9.58. The zero-order chi connectivity index (χ0) is 44.5. The van der Waals surface area contributed by atoms with Crippen LogP contribution in [-0.2, 0) is 52.2 Å². The van der Waals surface area contributed by atoms with Crippen LogP contribution in [0.25, 0.3) is 0 Å². The van der Waals surface area contributed by atoms with Crippen molar-refractivity contribution < 1.29 is 119 Å². The van der Waals surface area contributed by atoms with Gasteiger partial charge in [-0.15, -0.1) is 0 Å². The predicted molar refractivity (Wildman–Crippen MR) is 187 cm³/mol. The number of aliphatic hydroxyl groups excluding tert-OH is 13. The molecule has 26 nitrogen and oxygen atoms in total. The molecule has 26 heteroatoms. The number of carbonyl (C=O) groups is 2. The summed E-state index contributed by atoms with van der Waals surface area (Å²) in [5, 5.41) is 142. The number of ether oxygens (including phenoxy) is 9. The summed E-state index contributed by atoms with van der Waals surface area (Å²) in [7, 11) is 0. The second kappa shape index (κ2) is 20.7. The molecule has 5 aliphatic rings. The van der Waals surface area contributed by atoms with Gasteiger partial charge < -0.3 is 120 Å². The molecular formula is C34H58N2O24. The Hall–Kier alpha value is -1.94. The molecule has 0 aromatic heterocycles. The molecule has 348 valence electrons. The highest BCUT2D eigenvalue weighted by atomic mass is 16.8. The van der Waals surface area contributed by atoms with Gasteiger partial charge in [0.05, 0.1) is 32.0 Å². The summed E-state index contributed by atoms with van der Waals surface area (Å²) in [6, 6.07) is -3.32. The molecule has 0 saturated carbocycles. The van der Waals surface area contributed by atoms with Crippen LogP contribution in [0.5, 0.6) is 0 Å². The second-order valence-electron chi connectivity index (χ2n) is 15.4. The van der Waals surface area contributed by atoms with Crippen molar-refractivity contribution in [2.45, 2.75) is 181 Å². The van der Waals surface area contributed by atoms with Gasteiger partial charge >= 0.3 is 0 Å². The summed E-state index contributed by atoms with van der Waals surface area (Å²) in [5.74, 6) is -1.55. The number of aliphatic hydroxyl groups is 13. The van der Waals surface area contributed by atoms with Gasteiger partial charge in [-0.1, -0.05) is 0 Å². The maximum Gasteiger partial charge on any atom is 0.217 e. The Bertz CT molecular complexity index is 1400. The molecule has 5 rings (SSSR count). The monoisotopic (exact) mass is 878 g/mol. The van der Waals surface area contributed by atoms with E-state index >= 15 is 0 Å². The van der Waals surface area contributed by atoms with Crippen LogP contribution in [-0.4, -0.2) is 251 Å². The van der Waals surface area contributed by atoms with Crippen molar-refractivity contribution in [3.63, 3.8) is 0 Å². The molecular weight excluding hydrogens is 820 g/mol. The van der Waals surface area contributed by atoms with Gasteiger partial charge in [-0.2, -0.15) is 0 Å². The molecule has 0 aromatic rings. The quantitative estimate of drug-likeness (QED) is 0.0817. The fourth-order valence-corrected chi connectivity index (χ4v) is 7.62. The van der Waals surface area contributed by atoms with Crippen molar-refractivity contribution >= 4 is 11.8 Å². The lowest BCUT2D eigenvalue weighted by Crippen LogP contribution is -2.71. The molecule has 0 aliphatic carbocycles. The minimum Gasteiger partial charge on any atom is -0.394 e. The van der Waals surface area contributed by atoms with Gasteiger partial charge in [0.1, 0.15) is 110 Å². The lowest BCUT2D eigenvalue weighted by atomic mass is 9.93. The van der Waals surface area contributed by atoms with Gasteiger partial charge in [-0.05, 0) is 13.8 Å². The first-order chi connectivity index (χ1) is 28.2. The zero-order valence-corrected chi connectivity index (χ0v) is 32.9. The van der Waals surface area contributed by atoms with Gasteiger partial charge in [-0.25, -0.2) is 0 Å². The number of hydrogen-bond acceptors (Lipinski definition) is 24. The van der Waals surface area contributed by atoms with E-state index in [0.717, 1.165) is 13.8 Å². The Morgan fingerprint density at radius 2 is 0.917 bits per heavy atom. The third kappa shape index (κ3) is 10.5. The normalized spacial score (nSPS) is 50.2. The van der Waals surface area contributed by atoms with Crippen LogP contribution < -0.4 is 10.6 Å². The first kappa shape index (κ1) is 49.1. The van der Waals surface area contributed by atoms with E-state index in [2.05, 4.69) is 10.6 Å². The molecule has 60 heavy (non-hydrogen) atoms. The maximum absolute atomic E-state index is 12.6. The van der Waals surface area contributed by atoms with E-state index < -0.39 is 185 Å². The average Bonchev–Trinajstić information content (AvgIpc) is 3.20. The van der Waals surface area contributed by atoms with Gasteiger partial charge in [0.15, 0.2) is 31.5 Å². The minimum atomic E-state index is -1.99. The van der Waals surface area contributed by atoms with Crippen molar-refractivity contribution in [1.29, 1.82) is 0 Å². The molecule has 2 amide bonds. The van der Waals surface area contributed by atoms with Crippen molar-refractivity contribution in [1.82, 2.24) is 10.6 Å². The van der Waals surface area contributed by atoms with Crippen LogP contribution in [0.3, 0.4) is 0 Å². The summed E-state index contributed by atoms with van der Waals surface area (Å²) in [6.45, 7) is 2.32. The number of nitrogens with one attached hydrogen (secondary N) is 2. The lowest BCUT2D eigenvalue weighted by Gasteiger charge is -2.51. The van der Waals surface area contributed by atoms with Crippen LogP contribution in [0.2, 0.25) is 0 Å². The number of carbonyl (C=O) groups excluding carboxylic acids is 2. The first-order valence-electron chi connectivity index (χ1n) is 19.3. The van der Waals surface area contributed by atoms with Crippen LogP contribution in [0.1, 0.15) is 27.7 Å². The Morgan fingerprint density at radius 3 is 1.47 bits per heavy atom. The average molecular weight is 879 g/mol. The third-order valence-corrected chi connectivity index (χ3v) is 11.0. The van der Waals surface area contributed by atoms with E-state index in [4.69, 9.17) is 42.6 Å². The standard InChI is InChI=1S/C34H58N2O24/c1-8-17(41)21(45)24(48)32(53-8)52-7-14-28(29(16(30(51)55-14)36-11(4)40)60-33-25(49)22(46)18(42)9(2)54-33)59-31-15(35-10(3)39)20(44)27(13(6-38)57-31)58-34-26(50)23(47)19(43)12(5-37)56-34/h8-9,12-34,37-38,41-51H,5-7H2,1-4H3,(H,35,39)(H,36,40)/t8-,9-,12-,13-,14-,15-,16-,17+,18+,19-,20-,21+,22+,23+,24-,25-,26+,27-,28-,29-,30-,31+,32+,33-,34+/m1/s1. The third-order valence-electron chi connectivity index (χ3n) is 11.0. The molecule has 5 fully saturated rings. The van der Waals surface area contributed by atoms with E-state index in [0.29, 0.717) is 0 Å². The highest BCUT2D eigenvalue weighted by Crippen LogP contribution is 2.35. The summed E-state index contributed by atoms with van der Waals surface area (Å²) in [6.07, 6.45) is -39.3. The van der Waals surface area contributed by atoms with Crippen molar-refractivity contribution in [3.05, 3.63) is 0 Å². The lowest BCUT2D eigenvalue weighted by molar-refractivity contribution is -0.377. The fourth-order valence-electron chi connectivity index (χ4n) is 7.62. The molecule has 0 spiro atoms. The fraction of sp³-hybridized carbons (Fsp3) is 0.941. The zero-order valence-electron chi connectivity index (χ0n) is 32.9.